The van der Waals surface area contributed by atoms with Crippen LogP contribution >= 0.6 is 0 Å². The van der Waals surface area contributed by atoms with Crippen LogP contribution in [-0.2, 0) is 24.4 Å². The third-order valence-electron chi connectivity index (χ3n) is 4.06. The van der Waals surface area contributed by atoms with E-state index in [2.05, 4.69) is 15.5 Å². The SMILES string of the molecule is Cc1noc(C)c1CC(=O)NCc1cccnc1OCc1ccccc1. The fraction of sp³-hybridized carbons (Fsp3) is 0.250. The molecule has 0 radical (unpaired) electrons. The topological polar surface area (TPSA) is 77.3 Å². The Hall–Kier alpha value is -3.15. The van der Waals surface area contributed by atoms with Crippen LogP contribution in [0, 0.1) is 13.8 Å². The van der Waals surface area contributed by atoms with E-state index in [4.69, 9.17) is 9.26 Å². The lowest BCUT2D eigenvalue weighted by atomic mass is 10.1. The summed E-state index contributed by atoms with van der Waals surface area (Å²) in [5, 5.41) is 6.77. The van der Waals surface area contributed by atoms with Crippen molar-refractivity contribution >= 4 is 5.91 Å². The van der Waals surface area contributed by atoms with Gasteiger partial charge < -0.3 is 14.6 Å². The number of carbonyl (C=O) groups excluding carboxylic acids is 1. The Balaban J connectivity index is 1.58. The number of amides is 1. The quantitative estimate of drug-likeness (QED) is 0.708. The summed E-state index contributed by atoms with van der Waals surface area (Å²) in [5.41, 5.74) is 3.46. The van der Waals surface area contributed by atoms with Crippen LogP contribution in [0.5, 0.6) is 5.88 Å². The lowest BCUT2D eigenvalue weighted by Gasteiger charge is -2.11. The third kappa shape index (κ3) is 4.47. The summed E-state index contributed by atoms with van der Waals surface area (Å²) >= 11 is 0. The highest BCUT2D eigenvalue weighted by Gasteiger charge is 2.14. The summed E-state index contributed by atoms with van der Waals surface area (Å²) in [7, 11) is 0. The summed E-state index contributed by atoms with van der Waals surface area (Å²) in [4.78, 5) is 16.5. The van der Waals surface area contributed by atoms with Crippen LogP contribution in [0.1, 0.15) is 28.1 Å². The minimum Gasteiger partial charge on any atom is -0.473 e. The fourth-order valence-corrected chi connectivity index (χ4v) is 2.59. The number of nitrogens with zero attached hydrogens (tertiary/aromatic N) is 2. The Labute approximate surface area is 152 Å². The Morgan fingerprint density at radius 2 is 1.96 bits per heavy atom. The van der Waals surface area contributed by atoms with Crippen molar-refractivity contribution in [1.82, 2.24) is 15.5 Å². The summed E-state index contributed by atoms with van der Waals surface area (Å²) in [6.45, 7) is 4.41. The van der Waals surface area contributed by atoms with Gasteiger partial charge in [0.15, 0.2) is 0 Å². The molecule has 3 aromatic rings. The molecular formula is C20H21N3O3. The zero-order valence-corrected chi connectivity index (χ0v) is 14.9. The van der Waals surface area contributed by atoms with E-state index in [0.29, 0.717) is 24.8 Å². The van der Waals surface area contributed by atoms with Gasteiger partial charge in [0.2, 0.25) is 11.8 Å². The van der Waals surface area contributed by atoms with E-state index < -0.39 is 0 Å². The molecule has 6 nitrogen and oxygen atoms in total. The first-order chi connectivity index (χ1) is 12.6. The summed E-state index contributed by atoms with van der Waals surface area (Å²) in [6.07, 6.45) is 1.91. The van der Waals surface area contributed by atoms with Gasteiger partial charge in [-0.05, 0) is 25.5 Å². The van der Waals surface area contributed by atoms with Crippen molar-refractivity contribution in [3.63, 3.8) is 0 Å². The molecule has 3 rings (SSSR count). The number of nitrogens with one attached hydrogen (secondary N) is 1. The normalized spacial score (nSPS) is 10.5. The van der Waals surface area contributed by atoms with Gasteiger partial charge in [0.05, 0.1) is 12.1 Å². The number of hydrogen-bond donors (Lipinski definition) is 1. The van der Waals surface area contributed by atoms with Crippen LogP contribution in [0.2, 0.25) is 0 Å². The van der Waals surface area contributed by atoms with Crippen molar-refractivity contribution in [2.24, 2.45) is 0 Å². The molecule has 0 spiro atoms. The Bertz CT molecular complexity index is 856. The minimum atomic E-state index is -0.0998. The fourth-order valence-electron chi connectivity index (χ4n) is 2.59. The zero-order valence-electron chi connectivity index (χ0n) is 14.9. The molecule has 1 aromatic carbocycles. The number of ether oxygens (including phenoxy) is 1. The minimum absolute atomic E-state index is 0.0998. The summed E-state index contributed by atoms with van der Waals surface area (Å²) in [6, 6.07) is 13.6. The van der Waals surface area contributed by atoms with Crippen molar-refractivity contribution in [3.05, 3.63) is 76.8 Å². The number of aryl methyl sites for hydroxylation is 2. The number of carbonyl (C=O) groups is 1. The van der Waals surface area contributed by atoms with Crippen LogP contribution < -0.4 is 10.1 Å². The first-order valence-corrected chi connectivity index (χ1v) is 8.42. The maximum atomic E-state index is 12.2. The van der Waals surface area contributed by atoms with Gasteiger partial charge in [-0.3, -0.25) is 4.79 Å². The molecule has 0 fully saturated rings. The Kier molecular flexibility index (Phi) is 5.63. The lowest BCUT2D eigenvalue weighted by Crippen LogP contribution is -2.25. The molecule has 2 aromatic heterocycles. The van der Waals surface area contributed by atoms with Crippen molar-refractivity contribution in [2.45, 2.75) is 33.4 Å². The van der Waals surface area contributed by atoms with Crippen LogP contribution in [0.3, 0.4) is 0 Å². The molecule has 0 aliphatic heterocycles. The zero-order chi connectivity index (χ0) is 18.4. The van der Waals surface area contributed by atoms with Crippen molar-refractivity contribution in [2.75, 3.05) is 0 Å². The van der Waals surface area contributed by atoms with E-state index in [9.17, 15) is 4.79 Å². The number of pyridine rings is 1. The van der Waals surface area contributed by atoms with Gasteiger partial charge >= 0.3 is 0 Å². The number of benzene rings is 1. The van der Waals surface area contributed by atoms with Crippen molar-refractivity contribution < 1.29 is 14.1 Å². The van der Waals surface area contributed by atoms with E-state index in [1.54, 1.807) is 13.1 Å². The largest absolute Gasteiger partial charge is 0.473 e. The van der Waals surface area contributed by atoms with E-state index in [1.807, 2.05) is 49.4 Å². The molecule has 0 aliphatic carbocycles. The molecule has 0 saturated carbocycles. The molecule has 0 saturated heterocycles. The predicted molar refractivity (Wildman–Crippen MR) is 96.5 cm³/mol. The Morgan fingerprint density at radius 1 is 1.15 bits per heavy atom. The van der Waals surface area contributed by atoms with Gasteiger partial charge in [-0.2, -0.15) is 0 Å². The van der Waals surface area contributed by atoms with Crippen molar-refractivity contribution in [3.8, 4) is 5.88 Å². The van der Waals surface area contributed by atoms with E-state index in [0.717, 1.165) is 22.4 Å². The van der Waals surface area contributed by atoms with E-state index >= 15 is 0 Å². The highest BCUT2D eigenvalue weighted by atomic mass is 16.5. The van der Waals surface area contributed by atoms with Crippen LogP contribution in [0.4, 0.5) is 0 Å². The maximum Gasteiger partial charge on any atom is 0.224 e. The monoisotopic (exact) mass is 351 g/mol. The molecule has 6 heteroatoms. The standard InChI is InChI=1S/C20H21N3O3/c1-14-18(15(2)26-23-14)11-19(24)22-12-17-9-6-10-21-20(17)25-13-16-7-4-3-5-8-16/h3-10H,11-13H2,1-2H3,(H,22,24). The molecule has 0 aliphatic rings. The number of hydrogen-bond acceptors (Lipinski definition) is 5. The van der Waals surface area contributed by atoms with Gasteiger partial charge in [0.25, 0.3) is 0 Å². The molecule has 134 valence electrons. The molecule has 1 N–H and O–H groups in total. The van der Waals surface area contributed by atoms with Crippen LogP contribution in [0.25, 0.3) is 0 Å². The first-order valence-electron chi connectivity index (χ1n) is 8.42. The smallest absolute Gasteiger partial charge is 0.224 e. The van der Waals surface area contributed by atoms with Gasteiger partial charge in [0.1, 0.15) is 12.4 Å². The molecule has 26 heavy (non-hydrogen) atoms. The summed E-state index contributed by atoms with van der Waals surface area (Å²) < 4.78 is 10.9. The molecule has 2 heterocycles. The Morgan fingerprint density at radius 3 is 2.69 bits per heavy atom. The molecular weight excluding hydrogens is 330 g/mol. The van der Waals surface area contributed by atoms with Gasteiger partial charge in [-0.25, -0.2) is 4.98 Å². The molecule has 0 bridgehead atoms. The number of aromatic nitrogens is 2. The van der Waals surface area contributed by atoms with Crippen LogP contribution in [0.15, 0.2) is 53.2 Å². The average Bonchev–Trinajstić information content (AvgIpc) is 2.98. The van der Waals surface area contributed by atoms with Gasteiger partial charge in [-0.15, -0.1) is 0 Å². The highest BCUT2D eigenvalue weighted by molar-refractivity contribution is 5.79. The molecule has 1 amide bonds. The second-order valence-electron chi connectivity index (χ2n) is 6.00. The van der Waals surface area contributed by atoms with Crippen molar-refractivity contribution in [1.29, 1.82) is 0 Å². The van der Waals surface area contributed by atoms with Crippen LogP contribution in [-0.4, -0.2) is 16.0 Å². The molecule has 0 unspecified atom stereocenters. The van der Waals surface area contributed by atoms with Gasteiger partial charge in [0, 0.05) is 23.9 Å². The predicted octanol–water partition coefficient (Wildman–Crippen LogP) is 3.12. The maximum absolute atomic E-state index is 12.2. The number of rotatable bonds is 7. The average molecular weight is 351 g/mol. The second-order valence-corrected chi connectivity index (χ2v) is 6.00. The first kappa shape index (κ1) is 17.7. The third-order valence-corrected chi connectivity index (χ3v) is 4.06. The van der Waals surface area contributed by atoms with E-state index in [-0.39, 0.29) is 12.3 Å². The summed E-state index contributed by atoms with van der Waals surface area (Å²) in [5.74, 6) is 1.09. The van der Waals surface area contributed by atoms with Gasteiger partial charge in [-0.1, -0.05) is 41.6 Å². The lowest BCUT2D eigenvalue weighted by molar-refractivity contribution is -0.120. The van der Waals surface area contributed by atoms with E-state index in [1.165, 1.54) is 0 Å². The second kappa shape index (κ2) is 8.29. The molecule has 0 atom stereocenters. The highest BCUT2D eigenvalue weighted by Crippen LogP contribution is 2.17.